The van der Waals surface area contributed by atoms with Gasteiger partial charge in [0, 0.05) is 7.78 Å². The van der Waals surface area contributed by atoms with Crippen LogP contribution in [0.1, 0.15) is 0 Å². The maximum atomic E-state index is 4.69. The minimum Gasteiger partial charge on any atom is -0.429 e. The lowest BCUT2D eigenvalue weighted by atomic mass is 11.2. The fraction of sp³-hybridized carbons (Fsp3) is 0. The monoisotopic (exact) mass is 106 g/mol. The molecule has 0 saturated heterocycles. The van der Waals surface area contributed by atoms with Crippen LogP contribution in [0.15, 0.2) is 12.1 Å². The molecule has 1 aliphatic rings. The molecule has 1 heterocycles. The van der Waals surface area contributed by atoms with Gasteiger partial charge in [-0.2, -0.15) is 0 Å². The van der Waals surface area contributed by atoms with E-state index in [0.717, 1.165) is 7.78 Å². The van der Waals surface area contributed by atoms with Crippen LogP contribution in [0.5, 0.6) is 0 Å². The SMILES string of the molecule is C1=CPSO1. The van der Waals surface area contributed by atoms with E-state index in [0.29, 0.717) is 0 Å². The van der Waals surface area contributed by atoms with Crippen LogP contribution in [0.4, 0.5) is 0 Å². The molecular weight excluding hydrogens is 103 g/mol. The van der Waals surface area contributed by atoms with E-state index in [4.69, 9.17) is 4.18 Å². The van der Waals surface area contributed by atoms with E-state index in [-0.39, 0.29) is 0 Å². The molecule has 0 aliphatic carbocycles. The summed E-state index contributed by atoms with van der Waals surface area (Å²) in [4.78, 5) is 0. The van der Waals surface area contributed by atoms with Gasteiger partial charge >= 0.3 is 0 Å². The number of hydrogen-bond acceptors (Lipinski definition) is 2. The Morgan fingerprint density at radius 1 is 1.80 bits per heavy atom. The topological polar surface area (TPSA) is 9.23 Å². The molecular formula is C2H3OPS. The smallest absolute Gasteiger partial charge is 0.103 e. The molecule has 0 amide bonds. The minimum atomic E-state index is 0.823. The van der Waals surface area contributed by atoms with Crippen molar-refractivity contribution >= 4 is 19.4 Å². The third kappa shape index (κ3) is 0.822. The highest BCUT2D eigenvalue weighted by Gasteiger charge is 1.85. The van der Waals surface area contributed by atoms with Crippen LogP contribution in [0.25, 0.3) is 0 Å². The molecule has 0 spiro atoms. The molecule has 0 aromatic rings. The Morgan fingerprint density at radius 3 is 3.00 bits per heavy atom. The molecule has 0 aromatic heterocycles. The third-order valence-electron chi connectivity index (χ3n) is 0.288. The summed E-state index contributed by atoms with van der Waals surface area (Å²) in [6.45, 7) is 0. The van der Waals surface area contributed by atoms with E-state index in [1.165, 1.54) is 11.7 Å². The lowest BCUT2D eigenvalue weighted by Gasteiger charge is -1.76. The van der Waals surface area contributed by atoms with Gasteiger partial charge in [-0.05, 0) is 5.82 Å². The first-order chi connectivity index (χ1) is 2.50. The van der Waals surface area contributed by atoms with Gasteiger partial charge in [0.1, 0.15) is 6.26 Å². The molecule has 0 fully saturated rings. The molecule has 0 bridgehead atoms. The summed E-state index contributed by atoms with van der Waals surface area (Å²) in [5, 5.41) is 0. The van der Waals surface area contributed by atoms with Gasteiger partial charge in [-0.1, -0.05) is 0 Å². The molecule has 0 saturated carbocycles. The molecule has 1 atom stereocenters. The molecule has 3 heteroatoms. The summed E-state index contributed by atoms with van der Waals surface area (Å²) >= 11 is 1.49. The molecule has 1 unspecified atom stereocenters. The van der Waals surface area contributed by atoms with Crippen LogP contribution in [0.3, 0.4) is 0 Å². The van der Waals surface area contributed by atoms with Crippen LogP contribution < -0.4 is 0 Å². The molecule has 28 valence electrons. The maximum absolute atomic E-state index is 4.69. The first-order valence-electron chi connectivity index (χ1n) is 1.23. The summed E-state index contributed by atoms with van der Waals surface area (Å²) in [7, 11) is 0.823. The van der Waals surface area contributed by atoms with Gasteiger partial charge in [0.25, 0.3) is 0 Å². The Kier molecular flexibility index (Phi) is 1.18. The van der Waals surface area contributed by atoms with Gasteiger partial charge in [0.05, 0.1) is 11.7 Å². The van der Waals surface area contributed by atoms with E-state index >= 15 is 0 Å². The highest BCUT2D eigenvalue weighted by molar-refractivity contribution is 8.48. The summed E-state index contributed by atoms with van der Waals surface area (Å²) in [6, 6.07) is 0. The van der Waals surface area contributed by atoms with Crippen LogP contribution in [-0.2, 0) is 4.18 Å². The second kappa shape index (κ2) is 1.68. The highest BCUT2D eigenvalue weighted by Crippen LogP contribution is 2.36. The summed E-state index contributed by atoms with van der Waals surface area (Å²) < 4.78 is 4.69. The summed E-state index contributed by atoms with van der Waals surface area (Å²) in [5.74, 6) is 2.00. The minimum absolute atomic E-state index is 0.823. The van der Waals surface area contributed by atoms with Gasteiger partial charge in [0.2, 0.25) is 0 Å². The summed E-state index contributed by atoms with van der Waals surface area (Å²) in [6.07, 6.45) is 1.71. The molecule has 1 rings (SSSR count). The zero-order valence-corrected chi connectivity index (χ0v) is 4.29. The fourth-order valence-electron chi connectivity index (χ4n) is 0.139. The lowest BCUT2D eigenvalue weighted by Crippen LogP contribution is -1.39. The van der Waals surface area contributed by atoms with Gasteiger partial charge in [-0.25, -0.2) is 0 Å². The van der Waals surface area contributed by atoms with E-state index in [1.54, 1.807) is 6.26 Å². The molecule has 5 heavy (non-hydrogen) atoms. The molecule has 0 aromatic carbocycles. The number of rotatable bonds is 0. The standard InChI is InChI=1S/C2H3OPS/c1-2-4-5-3-1/h1-2,4H. The largest absolute Gasteiger partial charge is 0.429 e. The Bertz CT molecular complexity index is 47.6. The Morgan fingerprint density at radius 2 is 2.80 bits per heavy atom. The predicted octanol–water partition coefficient (Wildman–Crippen LogP) is 1.73. The highest BCUT2D eigenvalue weighted by atomic mass is 32.7. The van der Waals surface area contributed by atoms with Crippen molar-refractivity contribution < 1.29 is 4.18 Å². The average Bonchev–Trinajstić information content (AvgIpc) is 1.76. The van der Waals surface area contributed by atoms with Crippen molar-refractivity contribution in [1.29, 1.82) is 0 Å². The van der Waals surface area contributed by atoms with Gasteiger partial charge in [-0.15, -0.1) is 0 Å². The van der Waals surface area contributed by atoms with Crippen molar-refractivity contribution in [1.82, 2.24) is 0 Å². The zero-order valence-electron chi connectivity index (χ0n) is 2.47. The Hall–Kier alpha value is 0.320. The van der Waals surface area contributed by atoms with Crippen molar-refractivity contribution in [2.75, 3.05) is 0 Å². The zero-order chi connectivity index (χ0) is 3.54. The van der Waals surface area contributed by atoms with Gasteiger partial charge in [0.15, 0.2) is 0 Å². The first kappa shape index (κ1) is 3.51. The van der Waals surface area contributed by atoms with Crippen molar-refractivity contribution in [3.8, 4) is 0 Å². The average molecular weight is 106 g/mol. The Labute approximate surface area is 36.5 Å². The van der Waals surface area contributed by atoms with Crippen LogP contribution in [-0.4, -0.2) is 0 Å². The predicted molar refractivity (Wildman–Crippen MR) is 26.1 cm³/mol. The van der Waals surface area contributed by atoms with Crippen molar-refractivity contribution in [3.63, 3.8) is 0 Å². The maximum Gasteiger partial charge on any atom is 0.103 e. The van der Waals surface area contributed by atoms with Crippen molar-refractivity contribution in [3.05, 3.63) is 12.1 Å². The Balaban J connectivity index is 2.32. The molecule has 1 aliphatic heterocycles. The van der Waals surface area contributed by atoms with E-state index in [1.807, 2.05) is 5.82 Å². The molecule has 0 radical (unpaired) electrons. The normalized spacial score (nSPS) is 24.0. The number of hydrogen-bond donors (Lipinski definition) is 0. The fourth-order valence-corrected chi connectivity index (χ4v) is 1.25. The first-order valence-corrected chi connectivity index (χ1v) is 3.77. The quantitative estimate of drug-likeness (QED) is 0.343. The lowest BCUT2D eigenvalue weighted by molar-refractivity contribution is 0.580. The third-order valence-corrected chi connectivity index (χ3v) is 1.85. The van der Waals surface area contributed by atoms with E-state index in [9.17, 15) is 0 Å². The van der Waals surface area contributed by atoms with E-state index in [2.05, 4.69) is 0 Å². The van der Waals surface area contributed by atoms with Crippen LogP contribution in [0, 0.1) is 0 Å². The summed E-state index contributed by atoms with van der Waals surface area (Å²) in [5.41, 5.74) is 0. The molecule has 0 N–H and O–H groups in total. The van der Waals surface area contributed by atoms with Gasteiger partial charge in [-0.3, -0.25) is 0 Å². The van der Waals surface area contributed by atoms with Crippen molar-refractivity contribution in [2.45, 2.75) is 0 Å². The molecule has 1 nitrogen and oxygen atoms in total. The van der Waals surface area contributed by atoms with Crippen molar-refractivity contribution in [2.24, 2.45) is 0 Å². The van der Waals surface area contributed by atoms with Crippen LogP contribution >= 0.6 is 19.4 Å². The second-order valence-electron chi connectivity index (χ2n) is 0.600. The van der Waals surface area contributed by atoms with Crippen LogP contribution in [0.2, 0.25) is 0 Å². The van der Waals surface area contributed by atoms with E-state index < -0.39 is 0 Å². The second-order valence-corrected chi connectivity index (χ2v) is 2.74. The van der Waals surface area contributed by atoms with Gasteiger partial charge < -0.3 is 4.18 Å².